The van der Waals surface area contributed by atoms with Crippen LogP contribution in [0.15, 0.2) is 0 Å². The molecular weight excluding hydrogens is 148 g/mol. The minimum Gasteiger partial charge on any atom is -0.326 e. The lowest BCUT2D eigenvalue weighted by atomic mass is 9.87. The van der Waals surface area contributed by atoms with Gasteiger partial charge in [-0.1, -0.05) is 34.6 Å². The average Bonchev–Trinajstić information content (AvgIpc) is 1.97. The predicted octanol–water partition coefficient (Wildman–Crippen LogP) is 1.70. The first-order valence-electron chi connectivity index (χ1n) is 4.89. The van der Waals surface area contributed by atoms with E-state index in [2.05, 4.69) is 39.5 Å². The molecule has 0 bridgehead atoms. The quantitative estimate of drug-likeness (QED) is 0.699. The van der Waals surface area contributed by atoms with Crippen LogP contribution in [0.4, 0.5) is 0 Å². The summed E-state index contributed by atoms with van der Waals surface area (Å²) in [7, 11) is 0. The van der Waals surface area contributed by atoms with Gasteiger partial charge in [-0.15, -0.1) is 0 Å². The normalized spacial score (nSPS) is 15.2. The van der Waals surface area contributed by atoms with Crippen LogP contribution in [-0.4, -0.2) is 30.6 Å². The van der Waals surface area contributed by atoms with Gasteiger partial charge < -0.3 is 10.6 Å². The molecule has 0 unspecified atom stereocenters. The second kappa shape index (κ2) is 4.83. The van der Waals surface area contributed by atoms with E-state index in [0.29, 0.717) is 0 Å². The summed E-state index contributed by atoms with van der Waals surface area (Å²) in [5, 5.41) is 0. The fourth-order valence-electron chi connectivity index (χ4n) is 1.03. The van der Waals surface area contributed by atoms with Crippen LogP contribution in [0.1, 0.15) is 34.6 Å². The smallest absolute Gasteiger partial charge is 0.0217 e. The van der Waals surface area contributed by atoms with E-state index in [-0.39, 0.29) is 11.5 Å². The molecule has 0 heterocycles. The van der Waals surface area contributed by atoms with Gasteiger partial charge in [-0.25, -0.2) is 0 Å². The molecule has 1 atom stereocenters. The van der Waals surface area contributed by atoms with Gasteiger partial charge in [0.2, 0.25) is 0 Å². The van der Waals surface area contributed by atoms with Gasteiger partial charge in [0.05, 0.1) is 0 Å². The molecule has 0 fully saturated rings. The maximum atomic E-state index is 6.06. The van der Waals surface area contributed by atoms with Crippen molar-refractivity contribution >= 4 is 0 Å². The van der Waals surface area contributed by atoms with Crippen molar-refractivity contribution in [2.24, 2.45) is 11.1 Å². The second-order valence-corrected chi connectivity index (χ2v) is 4.46. The van der Waals surface area contributed by atoms with Crippen molar-refractivity contribution in [2.75, 3.05) is 19.6 Å². The first-order valence-corrected chi connectivity index (χ1v) is 4.89. The zero-order valence-electron chi connectivity index (χ0n) is 9.22. The zero-order chi connectivity index (χ0) is 9.78. The molecule has 0 spiro atoms. The molecule has 0 aromatic rings. The first-order chi connectivity index (χ1) is 5.41. The van der Waals surface area contributed by atoms with Crippen LogP contribution in [0.5, 0.6) is 0 Å². The molecule has 0 rings (SSSR count). The van der Waals surface area contributed by atoms with Crippen LogP contribution in [0.25, 0.3) is 0 Å². The number of likely N-dealkylation sites (N-methyl/N-ethyl adjacent to an activating group) is 1. The Labute approximate surface area is 77.1 Å². The van der Waals surface area contributed by atoms with Crippen LogP contribution >= 0.6 is 0 Å². The van der Waals surface area contributed by atoms with E-state index in [1.165, 1.54) is 0 Å². The van der Waals surface area contributed by atoms with Crippen molar-refractivity contribution in [1.82, 2.24) is 4.90 Å². The minimum absolute atomic E-state index is 0.225. The summed E-state index contributed by atoms with van der Waals surface area (Å²) in [5.74, 6) is 0. The Morgan fingerprint density at radius 1 is 1.17 bits per heavy atom. The summed E-state index contributed by atoms with van der Waals surface area (Å²) in [6, 6.07) is 0.275. The predicted molar refractivity (Wildman–Crippen MR) is 55.2 cm³/mol. The van der Waals surface area contributed by atoms with Crippen LogP contribution in [0, 0.1) is 5.41 Å². The van der Waals surface area contributed by atoms with Crippen LogP contribution in [0.3, 0.4) is 0 Å². The number of nitrogens with zero attached hydrogens (tertiary/aromatic N) is 1. The Kier molecular flexibility index (Phi) is 4.80. The van der Waals surface area contributed by atoms with Gasteiger partial charge >= 0.3 is 0 Å². The van der Waals surface area contributed by atoms with Crippen molar-refractivity contribution in [3.05, 3.63) is 0 Å². The lowest BCUT2D eigenvalue weighted by molar-refractivity contribution is 0.212. The highest BCUT2D eigenvalue weighted by atomic mass is 15.1. The standard InChI is InChI=1S/C10H24N2/c1-6-12(7-2)8-9(11)10(3,4)5/h9H,6-8,11H2,1-5H3/t9-/m0/s1. The van der Waals surface area contributed by atoms with Crippen LogP contribution in [0.2, 0.25) is 0 Å². The third-order valence-corrected chi connectivity index (χ3v) is 2.46. The van der Waals surface area contributed by atoms with E-state index < -0.39 is 0 Å². The van der Waals surface area contributed by atoms with E-state index in [1.54, 1.807) is 0 Å². The van der Waals surface area contributed by atoms with E-state index in [9.17, 15) is 0 Å². The molecule has 0 aromatic heterocycles. The Hall–Kier alpha value is -0.0800. The summed E-state index contributed by atoms with van der Waals surface area (Å²) >= 11 is 0. The van der Waals surface area contributed by atoms with Crippen molar-refractivity contribution in [1.29, 1.82) is 0 Å². The molecule has 0 aromatic carbocycles. The Balaban J connectivity index is 3.90. The van der Waals surface area contributed by atoms with Gasteiger partial charge in [0.25, 0.3) is 0 Å². The van der Waals surface area contributed by atoms with E-state index in [4.69, 9.17) is 5.73 Å². The molecule has 0 radical (unpaired) electrons. The summed E-state index contributed by atoms with van der Waals surface area (Å²) in [6.45, 7) is 14.2. The first kappa shape index (κ1) is 11.9. The van der Waals surface area contributed by atoms with Gasteiger partial charge in [-0.3, -0.25) is 0 Å². The van der Waals surface area contributed by atoms with Gasteiger partial charge in [-0.05, 0) is 18.5 Å². The minimum atomic E-state index is 0.225. The molecule has 0 amide bonds. The molecule has 2 nitrogen and oxygen atoms in total. The lowest BCUT2D eigenvalue weighted by Gasteiger charge is -2.31. The summed E-state index contributed by atoms with van der Waals surface area (Å²) in [6.07, 6.45) is 0. The number of hydrogen-bond donors (Lipinski definition) is 1. The topological polar surface area (TPSA) is 29.3 Å². The number of nitrogens with two attached hydrogens (primary N) is 1. The molecule has 0 saturated carbocycles. The molecule has 0 aliphatic heterocycles. The van der Waals surface area contributed by atoms with Crippen LogP contribution < -0.4 is 5.73 Å². The summed E-state index contributed by atoms with van der Waals surface area (Å²) in [4.78, 5) is 2.37. The van der Waals surface area contributed by atoms with E-state index in [0.717, 1.165) is 19.6 Å². The molecule has 2 N–H and O–H groups in total. The fraction of sp³-hybridized carbons (Fsp3) is 1.00. The molecule has 0 saturated heterocycles. The van der Waals surface area contributed by atoms with Crippen molar-refractivity contribution in [3.8, 4) is 0 Å². The van der Waals surface area contributed by atoms with Gasteiger partial charge in [-0.2, -0.15) is 0 Å². The molecule has 0 aliphatic rings. The highest BCUT2D eigenvalue weighted by Crippen LogP contribution is 2.17. The molecule has 2 heteroatoms. The average molecular weight is 172 g/mol. The Bertz CT molecular complexity index is 111. The van der Waals surface area contributed by atoms with Crippen molar-refractivity contribution in [2.45, 2.75) is 40.7 Å². The number of rotatable bonds is 4. The van der Waals surface area contributed by atoms with Gasteiger partial charge in [0.1, 0.15) is 0 Å². The van der Waals surface area contributed by atoms with E-state index in [1.807, 2.05) is 0 Å². The zero-order valence-corrected chi connectivity index (χ0v) is 9.22. The highest BCUT2D eigenvalue weighted by molar-refractivity contribution is 4.79. The lowest BCUT2D eigenvalue weighted by Crippen LogP contribution is -2.45. The number of hydrogen-bond acceptors (Lipinski definition) is 2. The largest absolute Gasteiger partial charge is 0.326 e. The molecule has 0 aliphatic carbocycles. The molecule has 12 heavy (non-hydrogen) atoms. The third-order valence-electron chi connectivity index (χ3n) is 2.46. The van der Waals surface area contributed by atoms with Crippen molar-refractivity contribution < 1.29 is 0 Å². The highest BCUT2D eigenvalue weighted by Gasteiger charge is 2.21. The SMILES string of the molecule is CCN(CC)C[C@H](N)C(C)(C)C. The third kappa shape index (κ3) is 4.07. The molecular formula is C10H24N2. The summed E-state index contributed by atoms with van der Waals surface area (Å²) in [5.41, 5.74) is 6.29. The Morgan fingerprint density at radius 3 is 1.83 bits per heavy atom. The van der Waals surface area contributed by atoms with Crippen molar-refractivity contribution in [3.63, 3.8) is 0 Å². The maximum Gasteiger partial charge on any atom is 0.0217 e. The fourth-order valence-corrected chi connectivity index (χ4v) is 1.03. The molecule has 74 valence electrons. The second-order valence-electron chi connectivity index (χ2n) is 4.46. The Morgan fingerprint density at radius 2 is 1.58 bits per heavy atom. The van der Waals surface area contributed by atoms with Gasteiger partial charge in [0.15, 0.2) is 0 Å². The van der Waals surface area contributed by atoms with E-state index >= 15 is 0 Å². The monoisotopic (exact) mass is 172 g/mol. The maximum absolute atomic E-state index is 6.06. The van der Waals surface area contributed by atoms with Crippen LogP contribution in [-0.2, 0) is 0 Å². The summed E-state index contributed by atoms with van der Waals surface area (Å²) < 4.78 is 0. The van der Waals surface area contributed by atoms with Gasteiger partial charge in [0, 0.05) is 12.6 Å².